The summed E-state index contributed by atoms with van der Waals surface area (Å²) in [7, 11) is 0. The summed E-state index contributed by atoms with van der Waals surface area (Å²) in [6.45, 7) is 2.59. The number of benzene rings is 1. The van der Waals surface area contributed by atoms with Gasteiger partial charge in [-0.2, -0.15) is 5.10 Å². The zero-order chi connectivity index (χ0) is 13.1. The first-order chi connectivity index (χ1) is 9.33. The fourth-order valence-electron chi connectivity index (χ4n) is 2.06. The number of aryl methyl sites for hydroxylation is 1. The van der Waals surface area contributed by atoms with Crippen LogP contribution in [-0.4, -0.2) is 21.8 Å². The molecule has 0 aliphatic carbocycles. The first-order valence-electron chi connectivity index (χ1n) is 6.30. The van der Waals surface area contributed by atoms with Crippen molar-refractivity contribution in [2.45, 2.75) is 13.3 Å². The van der Waals surface area contributed by atoms with Crippen LogP contribution >= 0.6 is 0 Å². The van der Waals surface area contributed by atoms with Crippen LogP contribution in [0.2, 0.25) is 0 Å². The molecule has 96 valence electrons. The highest BCUT2D eigenvalue weighted by Crippen LogP contribution is 2.22. The van der Waals surface area contributed by atoms with Gasteiger partial charge in [0, 0.05) is 23.7 Å². The second-order valence-electron chi connectivity index (χ2n) is 4.47. The summed E-state index contributed by atoms with van der Waals surface area (Å²) < 4.78 is 5.82. The number of H-pyrrole nitrogens is 1. The summed E-state index contributed by atoms with van der Waals surface area (Å²) in [5.41, 5.74) is 3.00. The molecular weight excluding hydrogens is 238 g/mol. The van der Waals surface area contributed by atoms with E-state index in [9.17, 15) is 0 Å². The van der Waals surface area contributed by atoms with E-state index in [1.165, 1.54) is 0 Å². The number of para-hydroxylation sites is 1. The summed E-state index contributed by atoms with van der Waals surface area (Å²) in [6, 6.07) is 12.0. The number of nitrogens with one attached hydrogen (secondary N) is 1. The highest BCUT2D eigenvalue weighted by molar-refractivity contribution is 5.84. The molecule has 0 spiro atoms. The molecule has 2 heterocycles. The zero-order valence-electron chi connectivity index (χ0n) is 10.8. The number of hydrogen-bond acceptors (Lipinski definition) is 3. The van der Waals surface area contributed by atoms with Gasteiger partial charge < -0.3 is 4.74 Å². The third-order valence-electron chi connectivity index (χ3n) is 2.97. The van der Waals surface area contributed by atoms with Crippen LogP contribution in [0.3, 0.4) is 0 Å². The van der Waals surface area contributed by atoms with Crippen molar-refractivity contribution in [3.05, 3.63) is 54.0 Å². The predicted octanol–water partition coefficient (Wildman–Crippen LogP) is 2.89. The molecule has 0 fully saturated rings. The summed E-state index contributed by atoms with van der Waals surface area (Å²) in [6.07, 6.45) is 2.57. The van der Waals surface area contributed by atoms with Crippen molar-refractivity contribution in [3.63, 3.8) is 0 Å². The molecule has 0 bridgehead atoms. The quantitative estimate of drug-likeness (QED) is 0.777. The van der Waals surface area contributed by atoms with Gasteiger partial charge in [0.25, 0.3) is 0 Å². The Kier molecular flexibility index (Phi) is 3.14. The van der Waals surface area contributed by atoms with Crippen molar-refractivity contribution in [1.82, 2.24) is 15.2 Å². The number of aromatic nitrogens is 3. The lowest BCUT2D eigenvalue weighted by atomic mass is 10.2. The molecule has 0 aliphatic heterocycles. The number of rotatable bonds is 4. The minimum atomic E-state index is 0.597. The average molecular weight is 253 g/mol. The molecule has 4 heteroatoms. The average Bonchev–Trinajstić information content (AvgIpc) is 2.85. The van der Waals surface area contributed by atoms with Crippen molar-refractivity contribution in [2.75, 3.05) is 6.61 Å². The largest absolute Gasteiger partial charge is 0.491 e. The molecule has 0 atom stereocenters. The molecule has 0 radical (unpaired) electrons. The van der Waals surface area contributed by atoms with Crippen LogP contribution in [0.1, 0.15) is 11.4 Å². The van der Waals surface area contributed by atoms with Crippen LogP contribution in [0.4, 0.5) is 0 Å². The van der Waals surface area contributed by atoms with Crippen LogP contribution in [0.25, 0.3) is 10.9 Å². The molecular formula is C15H15N3O. The molecule has 3 rings (SSSR count). The second kappa shape index (κ2) is 5.10. The number of ether oxygens (including phenoxy) is 1. The third-order valence-corrected chi connectivity index (χ3v) is 2.97. The smallest absolute Gasteiger partial charge is 0.145 e. The van der Waals surface area contributed by atoms with E-state index in [2.05, 4.69) is 15.2 Å². The first kappa shape index (κ1) is 11.7. The van der Waals surface area contributed by atoms with Gasteiger partial charge in [0.2, 0.25) is 0 Å². The van der Waals surface area contributed by atoms with E-state index < -0.39 is 0 Å². The highest BCUT2D eigenvalue weighted by Gasteiger charge is 2.03. The topological polar surface area (TPSA) is 50.8 Å². The van der Waals surface area contributed by atoms with Crippen molar-refractivity contribution in [1.29, 1.82) is 0 Å². The number of fused-ring (bicyclic) bond motifs is 1. The molecule has 19 heavy (non-hydrogen) atoms. The molecule has 1 aromatic carbocycles. The Morgan fingerprint density at radius 2 is 2.11 bits per heavy atom. The van der Waals surface area contributed by atoms with Gasteiger partial charge in [-0.15, -0.1) is 0 Å². The van der Waals surface area contributed by atoms with Gasteiger partial charge in [-0.05, 0) is 25.1 Å². The lowest BCUT2D eigenvalue weighted by molar-refractivity contribution is 0.323. The van der Waals surface area contributed by atoms with Crippen molar-refractivity contribution in [2.24, 2.45) is 0 Å². The lowest BCUT2D eigenvalue weighted by Gasteiger charge is -2.07. The molecule has 4 nitrogen and oxygen atoms in total. The predicted molar refractivity (Wildman–Crippen MR) is 74.3 cm³/mol. The van der Waals surface area contributed by atoms with Crippen LogP contribution in [0, 0.1) is 6.92 Å². The van der Waals surface area contributed by atoms with E-state index in [0.717, 1.165) is 34.5 Å². The monoisotopic (exact) mass is 253 g/mol. The highest BCUT2D eigenvalue weighted by atomic mass is 16.5. The van der Waals surface area contributed by atoms with Crippen LogP contribution in [0.15, 0.2) is 42.6 Å². The van der Waals surface area contributed by atoms with Gasteiger partial charge in [0.15, 0.2) is 0 Å². The maximum Gasteiger partial charge on any atom is 0.145 e. The Bertz CT molecular complexity index is 685. The number of hydrogen-bond donors (Lipinski definition) is 1. The van der Waals surface area contributed by atoms with E-state index in [0.29, 0.717) is 6.61 Å². The number of aromatic amines is 1. The minimum absolute atomic E-state index is 0.597. The standard InChI is InChI=1S/C15H15N3O/c1-11-10-13(18-17-11)7-9-19-14-6-2-4-12-5-3-8-16-15(12)14/h2-6,8,10H,7,9H2,1H3,(H,17,18). The Balaban J connectivity index is 1.71. The number of pyridine rings is 1. The summed E-state index contributed by atoms with van der Waals surface area (Å²) in [5.74, 6) is 0.824. The molecule has 0 saturated heterocycles. The normalized spacial score (nSPS) is 10.8. The van der Waals surface area contributed by atoms with Gasteiger partial charge in [-0.25, -0.2) is 0 Å². The van der Waals surface area contributed by atoms with Gasteiger partial charge in [-0.1, -0.05) is 18.2 Å². The molecule has 2 aromatic heterocycles. The summed E-state index contributed by atoms with van der Waals surface area (Å²) in [4.78, 5) is 4.36. The van der Waals surface area contributed by atoms with E-state index in [1.54, 1.807) is 6.20 Å². The van der Waals surface area contributed by atoms with Crippen molar-refractivity contribution >= 4 is 10.9 Å². The van der Waals surface area contributed by atoms with E-state index in [-0.39, 0.29) is 0 Å². The van der Waals surface area contributed by atoms with Crippen LogP contribution < -0.4 is 4.74 Å². The summed E-state index contributed by atoms with van der Waals surface area (Å²) in [5, 5.41) is 8.21. The molecule has 0 aliphatic rings. The van der Waals surface area contributed by atoms with Crippen molar-refractivity contribution in [3.8, 4) is 5.75 Å². The fraction of sp³-hybridized carbons (Fsp3) is 0.200. The SMILES string of the molecule is Cc1cc(CCOc2cccc3cccnc23)n[nH]1. The first-order valence-corrected chi connectivity index (χ1v) is 6.30. The van der Waals surface area contributed by atoms with E-state index >= 15 is 0 Å². The molecule has 0 saturated carbocycles. The Hall–Kier alpha value is -2.36. The fourth-order valence-corrected chi connectivity index (χ4v) is 2.06. The molecule has 3 aromatic rings. The lowest BCUT2D eigenvalue weighted by Crippen LogP contribution is -2.02. The molecule has 0 amide bonds. The van der Waals surface area contributed by atoms with Gasteiger partial charge >= 0.3 is 0 Å². The Labute approximate surface area is 111 Å². The maximum atomic E-state index is 5.82. The van der Waals surface area contributed by atoms with Gasteiger partial charge in [-0.3, -0.25) is 10.1 Å². The summed E-state index contributed by atoms with van der Waals surface area (Å²) >= 11 is 0. The van der Waals surface area contributed by atoms with Crippen molar-refractivity contribution < 1.29 is 4.74 Å². The van der Waals surface area contributed by atoms with Gasteiger partial charge in [0.05, 0.1) is 12.3 Å². The molecule has 1 N–H and O–H groups in total. The van der Waals surface area contributed by atoms with Crippen LogP contribution in [-0.2, 0) is 6.42 Å². The number of nitrogens with zero attached hydrogens (tertiary/aromatic N) is 2. The zero-order valence-corrected chi connectivity index (χ0v) is 10.8. The minimum Gasteiger partial charge on any atom is -0.491 e. The van der Waals surface area contributed by atoms with Crippen LogP contribution in [0.5, 0.6) is 5.75 Å². The molecule has 0 unspecified atom stereocenters. The maximum absolute atomic E-state index is 5.82. The van der Waals surface area contributed by atoms with E-state index in [1.807, 2.05) is 43.3 Å². The van der Waals surface area contributed by atoms with Gasteiger partial charge in [0.1, 0.15) is 11.3 Å². The third kappa shape index (κ3) is 2.57. The second-order valence-corrected chi connectivity index (χ2v) is 4.47. The Morgan fingerprint density at radius 3 is 2.95 bits per heavy atom. The van der Waals surface area contributed by atoms with E-state index in [4.69, 9.17) is 4.74 Å². The Morgan fingerprint density at radius 1 is 1.21 bits per heavy atom.